The van der Waals surface area contributed by atoms with E-state index >= 15 is 0 Å². The fourth-order valence-electron chi connectivity index (χ4n) is 2.14. The molecule has 2 rings (SSSR count). The Hall–Kier alpha value is -1.02. The number of nitrogens with zero attached hydrogens (tertiary/aromatic N) is 2. The van der Waals surface area contributed by atoms with Crippen molar-refractivity contribution < 1.29 is 0 Å². The first-order valence-electron chi connectivity index (χ1n) is 7.54. The average molecular weight is 262 g/mol. The van der Waals surface area contributed by atoms with E-state index < -0.39 is 0 Å². The molecule has 1 aromatic carbocycles. The summed E-state index contributed by atoms with van der Waals surface area (Å²) < 4.78 is 0. The first-order chi connectivity index (χ1) is 9.00. The largest absolute Gasteiger partial charge is 0.369 e. The van der Waals surface area contributed by atoms with Crippen LogP contribution in [0.5, 0.6) is 0 Å². The van der Waals surface area contributed by atoms with Crippen LogP contribution in [0.4, 0.5) is 5.69 Å². The van der Waals surface area contributed by atoms with Crippen LogP contribution in [0.1, 0.15) is 34.6 Å². The fourth-order valence-corrected chi connectivity index (χ4v) is 2.14. The maximum Gasteiger partial charge on any atom is 0.0367 e. The molecule has 0 spiro atoms. The predicted molar refractivity (Wildman–Crippen MR) is 85.9 cm³/mol. The summed E-state index contributed by atoms with van der Waals surface area (Å²) in [6, 6.07) is 11.4. The second-order valence-corrected chi connectivity index (χ2v) is 6.18. The van der Waals surface area contributed by atoms with E-state index in [1.165, 1.54) is 18.8 Å². The molecular formula is C17H30N2. The van der Waals surface area contributed by atoms with Crippen LogP contribution in [0.3, 0.4) is 0 Å². The van der Waals surface area contributed by atoms with Crippen LogP contribution in [-0.2, 0) is 0 Å². The molecule has 19 heavy (non-hydrogen) atoms. The first-order valence-corrected chi connectivity index (χ1v) is 7.54. The smallest absolute Gasteiger partial charge is 0.0367 e. The Kier molecular flexibility index (Phi) is 6.93. The summed E-state index contributed by atoms with van der Waals surface area (Å²) in [6.07, 6.45) is 0. The van der Waals surface area contributed by atoms with Crippen molar-refractivity contribution in [2.24, 2.45) is 5.92 Å². The summed E-state index contributed by atoms with van der Waals surface area (Å²) in [6.45, 7) is 15.7. The lowest BCUT2D eigenvalue weighted by atomic mass is 10.2. The van der Waals surface area contributed by atoms with E-state index in [0.717, 1.165) is 19.0 Å². The van der Waals surface area contributed by atoms with Gasteiger partial charge in [-0.25, -0.2) is 0 Å². The molecule has 1 saturated heterocycles. The third-order valence-electron chi connectivity index (χ3n) is 3.17. The van der Waals surface area contributed by atoms with Gasteiger partial charge in [-0.2, -0.15) is 0 Å². The van der Waals surface area contributed by atoms with Crippen molar-refractivity contribution in [3.05, 3.63) is 30.3 Å². The fraction of sp³-hybridized carbons (Fsp3) is 0.647. The maximum atomic E-state index is 2.54. The van der Waals surface area contributed by atoms with Gasteiger partial charge < -0.3 is 4.90 Å². The highest BCUT2D eigenvalue weighted by molar-refractivity contribution is 5.46. The number of benzene rings is 1. The highest BCUT2D eigenvalue weighted by atomic mass is 15.3. The Morgan fingerprint density at radius 2 is 1.26 bits per heavy atom. The van der Waals surface area contributed by atoms with E-state index in [9.17, 15) is 0 Å². The summed E-state index contributed by atoms with van der Waals surface area (Å²) >= 11 is 0. The molecule has 108 valence electrons. The summed E-state index contributed by atoms with van der Waals surface area (Å²) in [7, 11) is 0. The van der Waals surface area contributed by atoms with Crippen molar-refractivity contribution >= 4 is 5.69 Å². The lowest BCUT2D eigenvalue weighted by molar-refractivity contribution is 0.209. The van der Waals surface area contributed by atoms with Crippen LogP contribution in [0, 0.1) is 5.92 Å². The lowest BCUT2D eigenvalue weighted by Gasteiger charge is -2.38. The van der Waals surface area contributed by atoms with E-state index in [1.807, 2.05) is 0 Å². The van der Waals surface area contributed by atoms with Gasteiger partial charge in [0.25, 0.3) is 0 Å². The quantitative estimate of drug-likeness (QED) is 0.798. The van der Waals surface area contributed by atoms with Gasteiger partial charge >= 0.3 is 0 Å². The summed E-state index contributed by atoms with van der Waals surface area (Å²) in [5.41, 5.74) is 1.36. The molecule has 0 radical (unpaired) electrons. The number of hydrogen-bond acceptors (Lipinski definition) is 2. The molecule has 1 aliphatic heterocycles. The second kappa shape index (κ2) is 8.21. The number of anilines is 1. The zero-order chi connectivity index (χ0) is 14.3. The number of para-hydroxylation sites is 1. The third kappa shape index (κ3) is 6.11. The van der Waals surface area contributed by atoms with Crippen LogP contribution in [0.25, 0.3) is 0 Å². The zero-order valence-corrected chi connectivity index (χ0v) is 13.3. The van der Waals surface area contributed by atoms with Gasteiger partial charge in [-0.3, -0.25) is 4.90 Å². The van der Waals surface area contributed by atoms with E-state index in [2.05, 4.69) is 74.8 Å². The van der Waals surface area contributed by atoms with Crippen LogP contribution >= 0.6 is 0 Å². The minimum Gasteiger partial charge on any atom is -0.369 e. The summed E-state index contributed by atoms with van der Waals surface area (Å²) in [4.78, 5) is 5.01. The van der Waals surface area contributed by atoms with Gasteiger partial charge in [0.1, 0.15) is 0 Å². The summed E-state index contributed by atoms with van der Waals surface area (Å²) in [5, 5.41) is 0. The van der Waals surface area contributed by atoms with Crippen LogP contribution in [0.2, 0.25) is 0 Å². The van der Waals surface area contributed by atoms with Crippen molar-refractivity contribution in [2.75, 3.05) is 31.1 Å². The molecular weight excluding hydrogens is 232 g/mol. The average Bonchev–Trinajstić information content (AvgIpc) is 2.39. The molecule has 0 atom stereocenters. The number of piperazine rings is 1. The van der Waals surface area contributed by atoms with Crippen LogP contribution < -0.4 is 4.90 Å². The standard InChI is InChI=1S/C13H20N2.C4H10/c1-12(2)14-8-10-15(11-9-14)13-6-4-3-5-7-13;1-4(2)3/h3-7,12H,8-11H2,1-2H3;4H,1-3H3. The Balaban J connectivity index is 0.000000399. The minimum atomic E-state index is 0.683. The molecule has 0 amide bonds. The van der Waals surface area contributed by atoms with Crippen LogP contribution in [-0.4, -0.2) is 37.1 Å². The molecule has 1 aromatic rings. The van der Waals surface area contributed by atoms with Gasteiger partial charge in [-0.05, 0) is 31.9 Å². The van der Waals surface area contributed by atoms with Gasteiger partial charge in [-0.1, -0.05) is 39.0 Å². The van der Waals surface area contributed by atoms with E-state index in [4.69, 9.17) is 0 Å². The molecule has 0 saturated carbocycles. The van der Waals surface area contributed by atoms with E-state index in [0.29, 0.717) is 6.04 Å². The highest BCUT2D eigenvalue weighted by Gasteiger charge is 2.18. The Labute approximate surface area is 119 Å². The van der Waals surface area contributed by atoms with Gasteiger partial charge in [0.2, 0.25) is 0 Å². The lowest BCUT2D eigenvalue weighted by Crippen LogP contribution is -2.48. The molecule has 2 heteroatoms. The molecule has 0 N–H and O–H groups in total. The third-order valence-corrected chi connectivity index (χ3v) is 3.17. The van der Waals surface area contributed by atoms with Crippen molar-refractivity contribution in [1.29, 1.82) is 0 Å². The molecule has 0 aliphatic carbocycles. The Bertz CT molecular complexity index is 322. The van der Waals surface area contributed by atoms with Gasteiger partial charge in [-0.15, -0.1) is 0 Å². The van der Waals surface area contributed by atoms with Crippen molar-refractivity contribution in [3.8, 4) is 0 Å². The van der Waals surface area contributed by atoms with Crippen molar-refractivity contribution in [3.63, 3.8) is 0 Å². The Morgan fingerprint density at radius 3 is 1.68 bits per heavy atom. The molecule has 0 bridgehead atoms. The van der Waals surface area contributed by atoms with Gasteiger partial charge in [0.05, 0.1) is 0 Å². The van der Waals surface area contributed by atoms with E-state index in [-0.39, 0.29) is 0 Å². The normalized spacial score (nSPS) is 16.5. The molecule has 1 aliphatic rings. The highest BCUT2D eigenvalue weighted by Crippen LogP contribution is 2.16. The molecule has 0 aromatic heterocycles. The Morgan fingerprint density at radius 1 is 0.789 bits per heavy atom. The minimum absolute atomic E-state index is 0.683. The first kappa shape index (κ1) is 16.0. The molecule has 1 fully saturated rings. The molecule has 0 unspecified atom stereocenters. The van der Waals surface area contributed by atoms with Crippen LogP contribution in [0.15, 0.2) is 30.3 Å². The van der Waals surface area contributed by atoms with Gasteiger partial charge in [0.15, 0.2) is 0 Å². The van der Waals surface area contributed by atoms with Crippen molar-refractivity contribution in [2.45, 2.75) is 40.7 Å². The monoisotopic (exact) mass is 262 g/mol. The maximum absolute atomic E-state index is 2.54. The molecule has 1 heterocycles. The number of hydrogen-bond donors (Lipinski definition) is 0. The SMILES string of the molecule is CC(C)C.CC(C)N1CCN(c2ccccc2)CC1. The number of rotatable bonds is 2. The predicted octanol–water partition coefficient (Wildman–Crippen LogP) is 3.88. The second-order valence-electron chi connectivity index (χ2n) is 6.18. The van der Waals surface area contributed by atoms with Gasteiger partial charge in [0, 0.05) is 37.9 Å². The zero-order valence-electron chi connectivity index (χ0n) is 13.3. The summed E-state index contributed by atoms with van der Waals surface area (Å²) in [5.74, 6) is 0.833. The van der Waals surface area contributed by atoms with Crippen molar-refractivity contribution in [1.82, 2.24) is 4.90 Å². The molecule has 2 nitrogen and oxygen atoms in total. The topological polar surface area (TPSA) is 6.48 Å². The van der Waals surface area contributed by atoms with E-state index in [1.54, 1.807) is 0 Å².